The van der Waals surface area contributed by atoms with Crippen molar-refractivity contribution in [3.05, 3.63) is 59.4 Å². The molecule has 0 spiro atoms. The Bertz CT molecular complexity index is 612. The van der Waals surface area contributed by atoms with E-state index >= 15 is 0 Å². The fourth-order valence-electron chi connectivity index (χ4n) is 1.49. The Kier molecular flexibility index (Phi) is 3.35. The largest absolute Gasteiger partial charge is 0.321 e. The van der Waals surface area contributed by atoms with E-state index in [2.05, 4.69) is 10.3 Å². The molecule has 0 saturated carbocycles. The number of hydrogen-bond donors (Lipinski definition) is 1. The van der Waals surface area contributed by atoms with Crippen molar-refractivity contribution >= 4 is 11.6 Å². The van der Waals surface area contributed by atoms with Crippen LogP contribution in [0.4, 0.5) is 5.69 Å². The lowest BCUT2D eigenvalue weighted by Crippen LogP contribution is -2.13. The summed E-state index contributed by atoms with van der Waals surface area (Å²) in [5, 5.41) is 11.6. The molecule has 0 saturated heterocycles. The molecule has 0 fully saturated rings. The van der Waals surface area contributed by atoms with Gasteiger partial charge < -0.3 is 5.32 Å². The van der Waals surface area contributed by atoms with E-state index in [1.54, 1.807) is 36.4 Å². The zero-order valence-electron chi connectivity index (χ0n) is 9.84. The third-order valence-electron chi connectivity index (χ3n) is 2.47. The van der Waals surface area contributed by atoms with Crippen LogP contribution >= 0.6 is 0 Å². The highest BCUT2D eigenvalue weighted by molar-refractivity contribution is 6.04. The van der Waals surface area contributed by atoms with Gasteiger partial charge in [0.25, 0.3) is 5.91 Å². The molecular formula is C14H11N3O. The van der Waals surface area contributed by atoms with Crippen LogP contribution in [0.1, 0.15) is 21.6 Å². The van der Waals surface area contributed by atoms with Gasteiger partial charge in [-0.15, -0.1) is 0 Å². The number of pyridine rings is 1. The van der Waals surface area contributed by atoms with E-state index in [0.717, 1.165) is 5.69 Å². The molecule has 1 amide bonds. The minimum atomic E-state index is -0.273. The van der Waals surface area contributed by atoms with Gasteiger partial charge in [-0.2, -0.15) is 5.26 Å². The maximum atomic E-state index is 11.9. The molecule has 1 aromatic carbocycles. The lowest BCUT2D eigenvalue weighted by Gasteiger charge is -2.06. The van der Waals surface area contributed by atoms with E-state index in [1.807, 2.05) is 13.0 Å². The smallest absolute Gasteiger partial charge is 0.257 e. The number of para-hydroxylation sites is 1. The number of anilines is 1. The SMILES string of the molecule is Cc1ccc(C(=O)Nc2ccccc2C#N)cn1. The summed E-state index contributed by atoms with van der Waals surface area (Å²) in [6, 6.07) is 12.4. The van der Waals surface area contributed by atoms with Crippen LogP contribution in [0, 0.1) is 18.3 Å². The average Bonchev–Trinajstić information content (AvgIpc) is 2.40. The second-order valence-electron chi connectivity index (χ2n) is 3.80. The molecule has 1 aromatic heterocycles. The standard InChI is InChI=1S/C14H11N3O/c1-10-6-7-12(9-16-10)14(18)17-13-5-3-2-4-11(13)8-15/h2-7,9H,1H3,(H,17,18). The first kappa shape index (κ1) is 11.8. The summed E-state index contributed by atoms with van der Waals surface area (Å²) >= 11 is 0. The summed E-state index contributed by atoms with van der Waals surface area (Å²) in [5.74, 6) is -0.273. The van der Waals surface area contributed by atoms with Crippen molar-refractivity contribution in [3.8, 4) is 6.07 Å². The van der Waals surface area contributed by atoms with Crippen LogP contribution in [0.2, 0.25) is 0 Å². The molecule has 4 nitrogen and oxygen atoms in total. The van der Waals surface area contributed by atoms with Gasteiger partial charge in [0.05, 0.1) is 16.8 Å². The highest BCUT2D eigenvalue weighted by atomic mass is 16.1. The van der Waals surface area contributed by atoms with Crippen LogP contribution in [0.5, 0.6) is 0 Å². The van der Waals surface area contributed by atoms with E-state index in [0.29, 0.717) is 16.8 Å². The third kappa shape index (κ3) is 2.53. The van der Waals surface area contributed by atoms with E-state index in [4.69, 9.17) is 5.26 Å². The van der Waals surface area contributed by atoms with Gasteiger partial charge in [0.15, 0.2) is 0 Å². The molecule has 0 aliphatic heterocycles. The number of rotatable bonds is 2. The van der Waals surface area contributed by atoms with E-state index in [9.17, 15) is 4.79 Å². The number of hydrogen-bond acceptors (Lipinski definition) is 3. The normalized spacial score (nSPS) is 9.56. The Labute approximate surface area is 105 Å². The van der Waals surface area contributed by atoms with E-state index < -0.39 is 0 Å². The molecule has 1 N–H and O–H groups in total. The first-order valence-electron chi connectivity index (χ1n) is 5.44. The summed E-state index contributed by atoms with van der Waals surface area (Å²) < 4.78 is 0. The molecule has 0 aliphatic rings. The van der Waals surface area contributed by atoms with Crippen molar-refractivity contribution in [1.82, 2.24) is 4.98 Å². The third-order valence-corrected chi connectivity index (χ3v) is 2.47. The maximum absolute atomic E-state index is 11.9. The first-order valence-corrected chi connectivity index (χ1v) is 5.44. The van der Waals surface area contributed by atoms with Crippen molar-refractivity contribution in [3.63, 3.8) is 0 Å². The fourth-order valence-corrected chi connectivity index (χ4v) is 1.49. The molecule has 2 aromatic rings. The number of carbonyl (C=O) groups excluding carboxylic acids is 1. The van der Waals surface area contributed by atoms with Crippen LogP contribution in [0.15, 0.2) is 42.6 Å². The van der Waals surface area contributed by atoms with Gasteiger partial charge in [0, 0.05) is 11.9 Å². The number of aryl methyl sites for hydroxylation is 1. The second kappa shape index (κ2) is 5.11. The number of nitrogens with zero attached hydrogens (tertiary/aromatic N) is 2. The highest BCUT2D eigenvalue weighted by Gasteiger charge is 2.08. The van der Waals surface area contributed by atoms with Crippen molar-refractivity contribution in [1.29, 1.82) is 5.26 Å². The molecular weight excluding hydrogens is 226 g/mol. The predicted octanol–water partition coefficient (Wildman–Crippen LogP) is 2.51. The molecule has 0 bridgehead atoms. The number of carbonyl (C=O) groups is 1. The van der Waals surface area contributed by atoms with E-state index in [1.165, 1.54) is 6.20 Å². The fraction of sp³-hybridized carbons (Fsp3) is 0.0714. The Morgan fingerprint density at radius 3 is 2.72 bits per heavy atom. The summed E-state index contributed by atoms with van der Waals surface area (Å²) in [6.07, 6.45) is 1.51. The molecule has 4 heteroatoms. The van der Waals surface area contributed by atoms with Crippen molar-refractivity contribution in [2.24, 2.45) is 0 Å². The van der Waals surface area contributed by atoms with Gasteiger partial charge in [-0.05, 0) is 31.2 Å². The summed E-state index contributed by atoms with van der Waals surface area (Å²) in [5.41, 5.74) is 2.26. The number of nitrogens with one attached hydrogen (secondary N) is 1. The minimum Gasteiger partial charge on any atom is -0.321 e. The molecule has 1 heterocycles. The summed E-state index contributed by atoms with van der Waals surface area (Å²) in [6.45, 7) is 1.85. The minimum absolute atomic E-state index is 0.273. The zero-order chi connectivity index (χ0) is 13.0. The van der Waals surface area contributed by atoms with Crippen molar-refractivity contribution in [2.75, 3.05) is 5.32 Å². The quantitative estimate of drug-likeness (QED) is 0.872. The monoisotopic (exact) mass is 237 g/mol. The van der Waals surface area contributed by atoms with Crippen LogP contribution in [-0.2, 0) is 0 Å². The number of aromatic nitrogens is 1. The van der Waals surface area contributed by atoms with Gasteiger partial charge in [0.2, 0.25) is 0 Å². The molecule has 0 aliphatic carbocycles. The molecule has 0 unspecified atom stereocenters. The zero-order valence-corrected chi connectivity index (χ0v) is 9.84. The van der Waals surface area contributed by atoms with Crippen molar-refractivity contribution in [2.45, 2.75) is 6.92 Å². The first-order chi connectivity index (χ1) is 8.70. The number of nitriles is 1. The Hall–Kier alpha value is -2.67. The van der Waals surface area contributed by atoms with Gasteiger partial charge in [-0.25, -0.2) is 0 Å². The topological polar surface area (TPSA) is 65.8 Å². The Morgan fingerprint density at radius 2 is 2.06 bits per heavy atom. The number of benzene rings is 1. The molecule has 0 radical (unpaired) electrons. The van der Waals surface area contributed by atoms with Crippen molar-refractivity contribution < 1.29 is 4.79 Å². The Balaban J connectivity index is 2.22. The van der Waals surface area contributed by atoms with Crippen LogP contribution < -0.4 is 5.32 Å². The summed E-state index contributed by atoms with van der Waals surface area (Å²) in [4.78, 5) is 16.0. The van der Waals surface area contributed by atoms with Gasteiger partial charge >= 0.3 is 0 Å². The van der Waals surface area contributed by atoms with Gasteiger partial charge in [0.1, 0.15) is 6.07 Å². The van der Waals surface area contributed by atoms with Crippen LogP contribution in [-0.4, -0.2) is 10.9 Å². The van der Waals surface area contributed by atoms with Gasteiger partial charge in [-0.1, -0.05) is 12.1 Å². The Morgan fingerprint density at radius 1 is 1.28 bits per heavy atom. The second-order valence-corrected chi connectivity index (χ2v) is 3.80. The van der Waals surface area contributed by atoms with Crippen LogP contribution in [0.3, 0.4) is 0 Å². The number of amides is 1. The maximum Gasteiger partial charge on any atom is 0.257 e. The molecule has 2 rings (SSSR count). The molecule has 0 atom stereocenters. The molecule has 88 valence electrons. The average molecular weight is 237 g/mol. The predicted molar refractivity (Wildman–Crippen MR) is 68.1 cm³/mol. The molecule has 18 heavy (non-hydrogen) atoms. The lowest BCUT2D eigenvalue weighted by atomic mass is 10.2. The van der Waals surface area contributed by atoms with Crippen LogP contribution in [0.25, 0.3) is 0 Å². The lowest BCUT2D eigenvalue weighted by molar-refractivity contribution is 0.102. The van der Waals surface area contributed by atoms with E-state index in [-0.39, 0.29) is 5.91 Å². The summed E-state index contributed by atoms with van der Waals surface area (Å²) in [7, 11) is 0. The van der Waals surface area contributed by atoms with Gasteiger partial charge in [-0.3, -0.25) is 9.78 Å². The highest BCUT2D eigenvalue weighted by Crippen LogP contribution is 2.14.